The Kier molecular flexibility index (Phi) is 4.58. The van der Waals surface area contributed by atoms with E-state index in [1.54, 1.807) is 0 Å². The molecule has 2 unspecified atom stereocenters. The van der Waals surface area contributed by atoms with Crippen LogP contribution in [0, 0.1) is 0 Å². The van der Waals surface area contributed by atoms with Crippen molar-refractivity contribution in [3.63, 3.8) is 0 Å². The number of piperidine rings is 1. The van der Waals surface area contributed by atoms with Crippen molar-refractivity contribution in [1.29, 1.82) is 0 Å². The van der Waals surface area contributed by atoms with Gasteiger partial charge in [0.05, 0.1) is 6.61 Å². The lowest BCUT2D eigenvalue weighted by Gasteiger charge is -2.32. The third-order valence-electron chi connectivity index (χ3n) is 4.66. The Balaban J connectivity index is 1.51. The molecule has 1 N–H and O–H groups in total. The summed E-state index contributed by atoms with van der Waals surface area (Å²) in [4.78, 5) is 2.68. The first kappa shape index (κ1) is 13.9. The molecular weight excluding hydrogens is 248 g/mol. The highest BCUT2D eigenvalue weighted by molar-refractivity contribution is 5.27. The Hall–Kier alpha value is -1.06. The predicted molar refractivity (Wildman–Crippen MR) is 82.1 cm³/mol. The number of hydrogen-bond donors (Lipinski definition) is 1. The zero-order chi connectivity index (χ0) is 13.8. The Labute approximate surface area is 122 Å². The van der Waals surface area contributed by atoms with E-state index in [1.807, 2.05) is 6.92 Å². The lowest BCUT2D eigenvalue weighted by molar-refractivity contribution is 0.180. The molecule has 0 spiro atoms. The highest BCUT2D eigenvalue weighted by atomic mass is 16.5. The molecule has 0 amide bonds. The largest absolute Gasteiger partial charge is 0.494 e. The molecule has 3 rings (SSSR count). The molecule has 0 bridgehead atoms. The fourth-order valence-electron chi connectivity index (χ4n) is 3.60. The van der Waals surface area contributed by atoms with Crippen molar-refractivity contribution >= 4 is 0 Å². The van der Waals surface area contributed by atoms with Gasteiger partial charge in [-0.3, -0.25) is 4.90 Å². The molecule has 0 radical (unpaired) electrons. The minimum absolute atomic E-state index is 0.682. The molecule has 3 nitrogen and oxygen atoms in total. The summed E-state index contributed by atoms with van der Waals surface area (Å²) in [6.45, 7) is 6.32. The van der Waals surface area contributed by atoms with Crippen LogP contribution in [0.5, 0.6) is 5.75 Å². The predicted octanol–water partition coefficient (Wildman–Crippen LogP) is 2.80. The summed E-state index contributed by atoms with van der Waals surface area (Å²) in [6.07, 6.45) is 5.48. The SMILES string of the molecule is CCOc1ccc(CNC2CCN3CCCCC23)cc1. The summed E-state index contributed by atoms with van der Waals surface area (Å²) in [6, 6.07) is 9.95. The molecule has 2 atom stereocenters. The summed E-state index contributed by atoms with van der Waals surface area (Å²) < 4.78 is 5.48. The lowest BCUT2D eigenvalue weighted by atomic mass is 9.99. The number of hydrogen-bond acceptors (Lipinski definition) is 3. The monoisotopic (exact) mass is 274 g/mol. The number of nitrogens with zero attached hydrogens (tertiary/aromatic N) is 1. The van der Waals surface area contributed by atoms with Crippen molar-refractivity contribution < 1.29 is 4.74 Å². The van der Waals surface area contributed by atoms with Gasteiger partial charge in [-0.1, -0.05) is 18.6 Å². The first-order valence-corrected chi connectivity index (χ1v) is 8.06. The Morgan fingerprint density at radius 3 is 2.80 bits per heavy atom. The van der Waals surface area contributed by atoms with Gasteiger partial charge in [-0.15, -0.1) is 0 Å². The van der Waals surface area contributed by atoms with Crippen LogP contribution in [-0.4, -0.2) is 36.7 Å². The number of fused-ring (bicyclic) bond motifs is 1. The first-order valence-electron chi connectivity index (χ1n) is 8.06. The molecular formula is C17H26N2O. The maximum Gasteiger partial charge on any atom is 0.119 e. The zero-order valence-corrected chi connectivity index (χ0v) is 12.5. The Morgan fingerprint density at radius 1 is 1.15 bits per heavy atom. The molecule has 0 aromatic heterocycles. The van der Waals surface area contributed by atoms with E-state index in [0.717, 1.165) is 24.9 Å². The van der Waals surface area contributed by atoms with E-state index in [-0.39, 0.29) is 0 Å². The van der Waals surface area contributed by atoms with Gasteiger partial charge in [0.1, 0.15) is 5.75 Å². The third kappa shape index (κ3) is 3.15. The van der Waals surface area contributed by atoms with Crippen molar-refractivity contribution in [2.75, 3.05) is 19.7 Å². The average molecular weight is 274 g/mol. The molecule has 2 aliphatic heterocycles. The smallest absolute Gasteiger partial charge is 0.119 e. The molecule has 20 heavy (non-hydrogen) atoms. The van der Waals surface area contributed by atoms with Gasteiger partial charge < -0.3 is 10.1 Å². The van der Waals surface area contributed by atoms with Crippen molar-refractivity contribution in [2.24, 2.45) is 0 Å². The fourth-order valence-corrected chi connectivity index (χ4v) is 3.60. The van der Waals surface area contributed by atoms with E-state index >= 15 is 0 Å². The molecule has 2 saturated heterocycles. The van der Waals surface area contributed by atoms with E-state index < -0.39 is 0 Å². The Morgan fingerprint density at radius 2 is 2.00 bits per heavy atom. The highest BCUT2D eigenvalue weighted by Gasteiger charge is 2.34. The van der Waals surface area contributed by atoms with Crippen LogP contribution in [0.25, 0.3) is 0 Å². The van der Waals surface area contributed by atoms with Crippen LogP contribution in [0.3, 0.4) is 0 Å². The van der Waals surface area contributed by atoms with Crippen LogP contribution >= 0.6 is 0 Å². The molecule has 0 aliphatic carbocycles. The van der Waals surface area contributed by atoms with Gasteiger partial charge in [-0.05, 0) is 50.4 Å². The summed E-state index contributed by atoms with van der Waals surface area (Å²) in [5.41, 5.74) is 1.35. The van der Waals surface area contributed by atoms with E-state index in [9.17, 15) is 0 Å². The Bertz CT molecular complexity index is 418. The molecule has 2 heterocycles. The summed E-state index contributed by atoms with van der Waals surface area (Å²) in [7, 11) is 0. The minimum atomic E-state index is 0.682. The molecule has 1 aromatic rings. The van der Waals surface area contributed by atoms with Crippen molar-refractivity contribution in [2.45, 2.75) is 51.2 Å². The van der Waals surface area contributed by atoms with E-state index in [0.29, 0.717) is 6.04 Å². The van der Waals surface area contributed by atoms with Crippen molar-refractivity contribution in [3.05, 3.63) is 29.8 Å². The molecule has 0 saturated carbocycles. The summed E-state index contributed by atoms with van der Waals surface area (Å²) in [5.74, 6) is 0.968. The maximum absolute atomic E-state index is 5.48. The number of benzene rings is 1. The van der Waals surface area contributed by atoms with Crippen LogP contribution in [0.2, 0.25) is 0 Å². The van der Waals surface area contributed by atoms with Crippen LogP contribution in [-0.2, 0) is 6.54 Å². The minimum Gasteiger partial charge on any atom is -0.494 e. The second-order valence-corrected chi connectivity index (χ2v) is 5.95. The fraction of sp³-hybridized carbons (Fsp3) is 0.647. The standard InChI is InChI=1S/C17H26N2O/c1-2-20-15-8-6-14(7-9-15)13-18-16-10-12-19-11-4-3-5-17(16)19/h6-9,16-18H,2-5,10-13H2,1H3. The number of rotatable bonds is 5. The van der Waals surface area contributed by atoms with Gasteiger partial charge in [0.25, 0.3) is 0 Å². The molecule has 3 heteroatoms. The molecule has 2 aliphatic rings. The normalized spacial score (nSPS) is 26.4. The molecule has 110 valence electrons. The van der Waals surface area contributed by atoms with Gasteiger partial charge in [0.15, 0.2) is 0 Å². The van der Waals surface area contributed by atoms with Gasteiger partial charge in [0, 0.05) is 25.2 Å². The maximum atomic E-state index is 5.48. The van der Waals surface area contributed by atoms with Gasteiger partial charge in [-0.2, -0.15) is 0 Å². The van der Waals surface area contributed by atoms with Crippen LogP contribution < -0.4 is 10.1 Å². The van der Waals surface area contributed by atoms with Crippen LogP contribution in [0.1, 0.15) is 38.2 Å². The van der Waals surface area contributed by atoms with Gasteiger partial charge in [-0.25, -0.2) is 0 Å². The van der Waals surface area contributed by atoms with E-state index in [1.165, 1.54) is 44.3 Å². The molecule has 2 fully saturated rings. The second kappa shape index (κ2) is 6.59. The third-order valence-corrected chi connectivity index (χ3v) is 4.66. The van der Waals surface area contributed by atoms with Crippen LogP contribution in [0.15, 0.2) is 24.3 Å². The van der Waals surface area contributed by atoms with Gasteiger partial charge in [0.2, 0.25) is 0 Å². The average Bonchev–Trinajstić information content (AvgIpc) is 2.90. The first-order chi connectivity index (χ1) is 9.86. The summed E-state index contributed by atoms with van der Waals surface area (Å²) in [5, 5.41) is 3.77. The zero-order valence-electron chi connectivity index (χ0n) is 12.5. The van der Waals surface area contributed by atoms with Crippen molar-refractivity contribution in [1.82, 2.24) is 10.2 Å². The number of nitrogens with one attached hydrogen (secondary N) is 1. The van der Waals surface area contributed by atoms with Gasteiger partial charge >= 0.3 is 0 Å². The quantitative estimate of drug-likeness (QED) is 0.893. The molecule has 1 aromatic carbocycles. The second-order valence-electron chi connectivity index (χ2n) is 5.95. The van der Waals surface area contributed by atoms with Crippen molar-refractivity contribution in [3.8, 4) is 5.75 Å². The summed E-state index contributed by atoms with van der Waals surface area (Å²) >= 11 is 0. The van der Waals surface area contributed by atoms with E-state index in [4.69, 9.17) is 4.74 Å². The van der Waals surface area contributed by atoms with E-state index in [2.05, 4.69) is 34.5 Å². The topological polar surface area (TPSA) is 24.5 Å². The highest BCUT2D eigenvalue weighted by Crippen LogP contribution is 2.27. The van der Waals surface area contributed by atoms with Crippen LogP contribution in [0.4, 0.5) is 0 Å². The lowest BCUT2D eigenvalue weighted by Crippen LogP contribution is -2.44. The number of ether oxygens (including phenoxy) is 1.